The van der Waals surface area contributed by atoms with Gasteiger partial charge in [-0.05, 0) is 93.0 Å². The Bertz CT molecular complexity index is 1510. The van der Waals surface area contributed by atoms with E-state index in [0.717, 1.165) is 54.4 Å². The van der Waals surface area contributed by atoms with E-state index in [1.807, 2.05) is 39.0 Å². The Morgan fingerprint density at radius 3 is 2.02 bits per heavy atom. The van der Waals surface area contributed by atoms with Gasteiger partial charge in [-0.15, -0.1) is 0 Å². The largest absolute Gasteiger partial charge is 0.493 e. The number of carbonyl (C=O) groups excluding carboxylic acids is 2. The summed E-state index contributed by atoms with van der Waals surface area (Å²) in [6.45, 7) is 7.41. The summed E-state index contributed by atoms with van der Waals surface area (Å²) in [4.78, 5) is 39.6. The molecule has 0 heterocycles. The van der Waals surface area contributed by atoms with Gasteiger partial charge in [0.25, 0.3) is 5.91 Å². The second-order valence-electron chi connectivity index (χ2n) is 11.5. The monoisotopic (exact) mass is 587 g/mol. The topological polar surface area (TPSA) is 126 Å². The first-order chi connectivity index (χ1) is 20.5. The molecular formula is C34H41N3O6. The summed E-state index contributed by atoms with van der Waals surface area (Å²) in [5, 5.41) is 18.8. The van der Waals surface area contributed by atoms with E-state index in [1.165, 1.54) is 0 Å². The highest BCUT2D eigenvalue weighted by atomic mass is 16.5. The van der Waals surface area contributed by atoms with Crippen molar-refractivity contribution in [3.05, 3.63) is 70.8 Å². The SMILES string of the molecule is COc1ccc(-c2ccc(C(=O)N[C@](C)(C(=O)O)C3CCCCC3)c(NC(=O)Nc3c(C)cc(C)cc3C)c2)cc1OC. The number of hydrogen-bond donors (Lipinski definition) is 4. The van der Waals surface area contributed by atoms with E-state index >= 15 is 0 Å². The lowest BCUT2D eigenvalue weighted by molar-refractivity contribution is -0.146. The second-order valence-corrected chi connectivity index (χ2v) is 11.5. The summed E-state index contributed by atoms with van der Waals surface area (Å²) >= 11 is 0. The number of ether oxygens (including phenoxy) is 2. The minimum Gasteiger partial charge on any atom is -0.493 e. The molecule has 228 valence electrons. The van der Waals surface area contributed by atoms with Crippen LogP contribution in [0.3, 0.4) is 0 Å². The lowest BCUT2D eigenvalue weighted by Crippen LogP contribution is -2.57. The second kappa shape index (κ2) is 13.2. The first-order valence-electron chi connectivity index (χ1n) is 14.5. The molecule has 4 rings (SSSR count). The van der Waals surface area contributed by atoms with E-state index < -0.39 is 23.4 Å². The summed E-state index contributed by atoms with van der Waals surface area (Å²) in [5.41, 5.74) is 4.02. The average molecular weight is 588 g/mol. The van der Waals surface area contributed by atoms with E-state index in [0.29, 0.717) is 22.7 Å². The van der Waals surface area contributed by atoms with Gasteiger partial charge in [0.2, 0.25) is 0 Å². The maximum atomic E-state index is 13.8. The number of amides is 3. The minimum atomic E-state index is -1.45. The van der Waals surface area contributed by atoms with E-state index in [4.69, 9.17) is 9.47 Å². The van der Waals surface area contributed by atoms with Crippen molar-refractivity contribution < 1.29 is 29.0 Å². The maximum Gasteiger partial charge on any atom is 0.329 e. The van der Waals surface area contributed by atoms with Crippen molar-refractivity contribution in [2.45, 2.75) is 65.3 Å². The molecule has 1 atom stereocenters. The van der Waals surface area contributed by atoms with Gasteiger partial charge < -0.3 is 30.5 Å². The molecule has 1 aliphatic carbocycles. The van der Waals surface area contributed by atoms with Gasteiger partial charge in [0.15, 0.2) is 11.5 Å². The van der Waals surface area contributed by atoms with Crippen molar-refractivity contribution in [2.75, 3.05) is 24.9 Å². The van der Waals surface area contributed by atoms with Crippen LogP contribution in [0, 0.1) is 26.7 Å². The third kappa shape index (κ3) is 6.93. The first-order valence-corrected chi connectivity index (χ1v) is 14.5. The molecule has 0 spiro atoms. The highest BCUT2D eigenvalue weighted by Gasteiger charge is 2.43. The zero-order valence-corrected chi connectivity index (χ0v) is 25.7. The van der Waals surface area contributed by atoms with Gasteiger partial charge >= 0.3 is 12.0 Å². The van der Waals surface area contributed by atoms with Gasteiger partial charge in [0.1, 0.15) is 5.54 Å². The summed E-state index contributed by atoms with van der Waals surface area (Å²) in [7, 11) is 3.11. The molecule has 3 amide bonds. The van der Waals surface area contributed by atoms with Crippen LogP contribution in [0.1, 0.15) is 66.1 Å². The molecule has 0 unspecified atom stereocenters. The summed E-state index contributed by atoms with van der Waals surface area (Å²) < 4.78 is 10.8. The normalized spacial score (nSPS) is 14.7. The molecule has 0 bridgehead atoms. The van der Waals surface area contributed by atoms with Crippen molar-refractivity contribution in [2.24, 2.45) is 5.92 Å². The number of methoxy groups -OCH3 is 2. The number of nitrogens with one attached hydrogen (secondary N) is 3. The molecule has 3 aromatic rings. The molecule has 9 nitrogen and oxygen atoms in total. The number of carbonyl (C=O) groups is 3. The Hall–Kier alpha value is -4.53. The quantitative estimate of drug-likeness (QED) is 0.212. The Kier molecular flexibility index (Phi) is 9.63. The molecule has 0 aliphatic heterocycles. The Morgan fingerprint density at radius 1 is 0.814 bits per heavy atom. The van der Waals surface area contributed by atoms with Crippen LogP contribution in [0.5, 0.6) is 11.5 Å². The molecule has 4 N–H and O–H groups in total. The molecular weight excluding hydrogens is 546 g/mol. The van der Waals surface area contributed by atoms with Crippen LogP contribution >= 0.6 is 0 Å². The molecule has 0 radical (unpaired) electrons. The predicted octanol–water partition coefficient (Wildman–Crippen LogP) is 7.09. The van der Waals surface area contributed by atoms with Crippen LogP contribution in [0.2, 0.25) is 0 Å². The first kappa shape index (κ1) is 31.4. The standard InChI is InChI=1S/C34H41N3O6/c1-20-16-21(2)30(22(3)17-20)36-33(41)35-27-18-23(24-13-15-28(42-5)29(19-24)43-6)12-14-26(27)31(38)37-34(4,32(39)40)25-10-8-7-9-11-25/h12-19,25H,7-11H2,1-6H3,(H,37,38)(H,39,40)(H2,35,36,41)/t34-/m0/s1. The van der Waals surface area contributed by atoms with Crippen molar-refractivity contribution in [1.82, 2.24) is 5.32 Å². The van der Waals surface area contributed by atoms with Crippen molar-refractivity contribution in [3.8, 4) is 22.6 Å². The molecule has 9 heteroatoms. The number of urea groups is 1. The Balaban J connectivity index is 1.72. The highest BCUT2D eigenvalue weighted by Crippen LogP contribution is 2.36. The van der Waals surface area contributed by atoms with E-state index in [-0.39, 0.29) is 17.2 Å². The number of carboxylic acids is 1. The van der Waals surface area contributed by atoms with Crippen LogP contribution < -0.4 is 25.4 Å². The molecule has 1 saturated carbocycles. The van der Waals surface area contributed by atoms with E-state index in [9.17, 15) is 19.5 Å². The van der Waals surface area contributed by atoms with E-state index in [1.54, 1.807) is 51.5 Å². The number of anilines is 2. The molecule has 0 aromatic heterocycles. The summed E-state index contributed by atoms with van der Waals surface area (Å²) in [6, 6.07) is 13.9. The van der Waals surface area contributed by atoms with Crippen molar-refractivity contribution in [3.63, 3.8) is 0 Å². The highest BCUT2D eigenvalue weighted by molar-refractivity contribution is 6.08. The fourth-order valence-electron chi connectivity index (χ4n) is 6.00. The summed E-state index contributed by atoms with van der Waals surface area (Å²) in [5.74, 6) is -0.746. The van der Waals surface area contributed by atoms with Gasteiger partial charge in [-0.25, -0.2) is 9.59 Å². The number of aliphatic carboxylic acids is 1. The molecule has 3 aromatic carbocycles. The fraction of sp³-hybridized carbons (Fsp3) is 0.382. The van der Waals surface area contributed by atoms with Crippen LogP contribution in [0.15, 0.2) is 48.5 Å². The zero-order valence-electron chi connectivity index (χ0n) is 25.7. The molecule has 0 saturated heterocycles. The van der Waals surface area contributed by atoms with E-state index in [2.05, 4.69) is 16.0 Å². The van der Waals surface area contributed by atoms with Crippen LogP contribution in [-0.4, -0.2) is 42.8 Å². The zero-order chi connectivity index (χ0) is 31.3. The molecule has 43 heavy (non-hydrogen) atoms. The minimum absolute atomic E-state index is 0.153. The van der Waals surface area contributed by atoms with Crippen LogP contribution in [0.25, 0.3) is 11.1 Å². The Morgan fingerprint density at radius 2 is 1.42 bits per heavy atom. The van der Waals surface area contributed by atoms with Gasteiger partial charge in [-0.3, -0.25) is 4.79 Å². The molecule has 1 aliphatic rings. The third-order valence-corrected chi connectivity index (χ3v) is 8.38. The average Bonchev–Trinajstić information content (AvgIpc) is 2.98. The van der Waals surface area contributed by atoms with Crippen molar-refractivity contribution in [1.29, 1.82) is 0 Å². The fourth-order valence-corrected chi connectivity index (χ4v) is 6.00. The Labute approximate surface area is 253 Å². The molecule has 1 fully saturated rings. The number of rotatable bonds is 9. The van der Waals surface area contributed by atoms with Gasteiger partial charge in [-0.1, -0.05) is 49.1 Å². The lowest BCUT2D eigenvalue weighted by atomic mass is 9.75. The lowest BCUT2D eigenvalue weighted by Gasteiger charge is -2.37. The van der Waals surface area contributed by atoms with Crippen molar-refractivity contribution >= 4 is 29.3 Å². The van der Waals surface area contributed by atoms with Gasteiger partial charge in [0, 0.05) is 5.69 Å². The predicted molar refractivity (Wildman–Crippen MR) is 168 cm³/mol. The smallest absolute Gasteiger partial charge is 0.329 e. The van der Waals surface area contributed by atoms with Crippen LogP contribution in [0.4, 0.5) is 16.2 Å². The van der Waals surface area contributed by atoms with Crippen LogP contribution in [-0.2, 0) is 4.79 Å². The number of hydrogen-bond acceptors (Lipinski definition) is 5. The van der Waals surface area contributed by atoms with Gasteiger partial charge in [0.05, 0.1) is 25.5 Å². The van der Waals surface area contributed by atoms with Gasteiger partial charge in [-0.2, -0.15) is 0 Å². The maximum absolute atomic E-state index is 13.8. The summed E-state index contributed by atoms with van der Waals surface area (Å²) in [6.07, 6.45) is 4.36. The number of benzene rings is 3. The number of carboxylic acid groups (broad SMARTS) is 1. The number of aryl methyl sites for hydroxylation is 3. The third-order valence-electron chi connectivity index (χ3n) is 8.38.